The van der Waals surface area contributed by atoms with Crippen molar-refractivity contribution in [2.24, 2.45) is 0 Å². The Morgan fingerprint density at radius 3 is 1.90 bits per heavy atom. The van der Waals surface area contributed by atoms with E-state index in [9.17, 15) is 31.1 Å². The van der Waals surface area contributed by atoms with E-state index < -0.39 is 40.8 Å². The number of carbonyl (C=O) groups is 1. The average Bonchev–Trinajstić information content (AvgIpc) is 2.35. The average molecular weight is 316 g/mol. The Bertz CT molecular complexity index is 533. The summed E-state index contributed by atoms with van der Waals surface area (Å²) in [6.45, 7) is 1.25. The van der Waals surface area contributed by atoms with Gasteiger partial charge in [-0.3, -0.25) is 0 Å². The van der Waals surface area contributed by atoms with Crippen LogP contribution in [0.1, 0.15) is 28.4 Å². The Morgan fingerprint density at radius 2 is 1.52 bits per heavy atom. The number of methoxy groups -OCH3 is 1. The van der Waals surface area contributed by atoms with Gasteiger partial charge in [-0.15, -0.1) is 0 Å². The highest BCUT2D eigenvalue weighted by Gasteiger charge is 2.44. The van der Waals surface area contributed by atoms with Crippen molar-refractivity contribution in [1.29, 1.82) is 0 Å². The molecule has 0 fully saturated rings. The zero-order valence-electron chi connectivity index (χ0n) is 10.9. The Balaban J connectivity index is 3.60. The van der Waals surface area contributed by atoms with E-state index >= 15 is 0 Å². The van der Waals surface area contributed by atoms with Crippen LogP contribution in [0.3, 0.4) is 0 Å². The topological polar surface area (TPSA) is 35.5 Å². The first kappa shape index (κ1) is 17.1. The molecule has 9 heteroatoms. The van der Waals surface area contributed by atoms with Crippen LogP contribution in [0.4, 0.5) is 26.3 Å². The molecule has 0 aromatic heterocycles. The van der Waals surface area contributed by atoms with Crippen LogP contribution >= 0.6 is 0 Å². The summed E-state index contributed by atoms with van der Waals surface area (Å²) in [5.41, 5.74) is -4.63. The van der Waals surface area contributed by atoms with Gasteiger partial charge in [0.15, 0.2) is 0 Å². The Morgan fingerprint density at radius 1 is 1.05 bits per heavy atom. The number of esters is 1. The summed E-state index contributed by atoms with van der Waals surface area (Å²) >= 11 is 0. The van der Waals surface area contributed by atoms with Gasteiger partial charge in [0.05, 0.1) is 24.8 Å². The molecule has 0 amide bonds. The number of halogens is 6. The highest BCUT2D eigenvalue weighted by molar-refractivity contribution is 5.93. The highest BCUT2D eigenvalue weighted by atomic mass is 19.4. The Hall–Kier alpha value is -1.93. The fourth-order valence-electron chi connectivity index (χ4n) is 1.59. The van der Waals surface area contributed by atoms with Gasteiger partial charge in [-0.2, -0.15) is 26.3 Å². The molecule has 0 aliphatic heterocycles. The number of hydrogen-bond acceptors (Lipinski definition) is 3. The van der Waals surface area contributed by atoms with Gasteiger partial charge in [-0.1, -0.05) is 0 Å². The van der Waals surface area contributed by atoms with E-state index in [1.807, 2.05) is 0 Å². The van der Waals surface area contributed by atoms with Crippen molar-refractivity contribution in [2.75, 3.05) is 13.7 Å². The first-order chi connectivity index (χ1) is 9.52. The molecule has 1 aromatic rings. The van der Waals surface area contributed by atoms with Crippen LogP contribution in [0.5, 0.6) is 5.75 Å². The largest absolute Gasteiger partial charge is 0.496 e. The summed E-state index contributed by atoms with van der Waals surface area (Å²) in [6, 6.07) is 0.217. The van der Waals surface area contributed by atoms with E-state index in [-0.39, 0.29) is 18.7 Å². The molecule has 21 heavy (non-hydrogen) atoms. The minimum Gasteiger partial charge on any atom is -0.496 e. The highest BCUT2D eigenvalue weighted by Crippen LogP contribution is 2.43. The van der Waals surface area contributed by atoms with Crippen LogP contribution in [0.15, 0.2) is 12.1 Å². The van der Waals surface area contributed by atoms with Crippen LogP contribution in [0.2, 0.25) is 0 Å². The summed E-state index contributed by atoms with van der Waals surface area (Å²) in [5, 5.41) is 0. The Labute approximate surface area is 115 Å². The SMILES string of the molecule is CCOC(=O)c1cc(C(F)(F)F)c(C(F)(F)F)cc1OC. The van der Waals surface area contributed by atoms with Crippen LogP contribution in [0, 0.1) is 0 Å². The molecule has 0 atom stereocenters. The molecule has 118 valence electrons. The predicted molar refractivity (Wildman–Crippen MR) is 59.0 cm³/mol. The smallest absolute Gasteiger partial charge is 0.417 e. The van der Waals surface area contributed by atoms with Gasteiger partial charge in [0.1, 0.15) is 11.3 Å². The number of ether oxygens (including phenoxy) is 2. The molecule has 0 bridgehead atoms. The third-order valence-corrected chi connectivity index (χ3v) is 2.45. The molecule has 0 aliphatic carbocycles. The second-order valence-electron chi connectivity index (χ2n) is 3.81. The van der Waals surface area contributed by atoms with Crippen LogP contribution in [-0.2, 0) is 17.1 Å². The lowest BCUT2D eigenvalue weighted by molar-refractivity contribution is -0.162. The van der Waals surface area contributed by atoms with Gasteiger partial charge < -0.3 is 9.47 Å². The molecule has 1 rings (SSSR count). The lowest BCUT2D eigenvalue weighted by atomic mass is 10.0. The molecule has 1 aromatic carbocycles. The van der Waals surface area contributed by atoms with E-state index in [2.05, 4.69) is 9.47 Å². The normalized spacial score (nSPS) is 12.2. The minimum absolute atomic E-state index is 0.0830. The zero-order valence-corrected chi connectivity index (χ0v) is 10.9. The first-order valence-electron chi connectivity index (χ1n) is 5.55. The summed E-state index contributed by atoms with van der Waals surface area (Å²) in [6.07, 6.45) is -10.5. The number of alkyl halides is 6. The second kappa shape index (κ2) is 5.82. The molecule has 0 saturated heterocycles. The summed E-state index contributed by atoms with van der Waals surface area (Å²) in [5.74, 6) is -1.85. The van der Waals surface area contributed by atoms with E-state index in [1.54, 1.807) is 0 Å². The standard InChI is InChI=1S/C12H10F6O3/c1-3-21-10(19)6-4-7(11(13,14)15)8(12(16,17)18)5-9(6)20-2/h4-5H,3H2,1-2H3. The summed E-state index contributed by atoms with van der Waals surface area (Å²) < 4.78 is 85.4. The van der Waals surface area contributed by atoms with Gasteiger partial charge in [0.2, 0.25) is 0 Å². The van der Waals surface area contributed by atoms with Crippen molar-refractivity contribution >= 4 is 5.97 Å². The molecule has 0 saturated carbocycles. The summed E-state index contributed by atoms with van der Waals surface area (Å²) in [4.78, 5) is 11.5. The van der Waals surface area contributed by atoms with E-state index in [0.717, 1.165) is 7.11 Å². The molecule has 0 spiro atoms. The fourth-order valence-corrected chi connectivity index (χ4v) is 1.59. The minimum atomic E-state index is -5.28. The van der Waals surface area contributed by atoms with E-state index in [1.165, 1.54) is 6.92 Å². The van der Waals surface area contributed by atoms with Crippen molar-refractivity contribution in [1.82, 2.24) is 0 Å². The van der Waals surface area contributed by atoms with Gasteiger partial charge in [0.25, 0.3) is 0 Å². The quantitative estimate of drug-likeness (QED) is 0.626. The third-order valence-electron chi connectivity index (χ3n) is 2.45. The van der Waals surface area contributed by atoms with Crippen LogP contribution in [-0.4, -0.2) is 19.7 Å². The molecule has 0 aliphatic rings. The molecular weight excluding hydrogens is 306 g/mol. The van der Waals surface area contributed by atoms with Crippen molar-refractivity contribution in [2.45, 2.75) is 19.3 Å². The van der Waals surface area contributed by atoms with Gasteiger partial charge in [-0.05, 0) is 19.1 Å². The molecule has 0 heterocycles. The van der Waals surface area contributed by atoms with E-state index in [4.69, 9.17) is 0 Å². The van der Waals surface area contributed by atoms with Gasteiger partial charge in [-0.25, -0.2) is 4.79 Å². The van der Waals surface area contributed by atoms with Crippen LogP contribution < -0.4 is 4.74 Å². The van der Waals surface area contributed by atoms with Gasteiger partial charge >= 0.3 is 18.3 Å². The maximum Gasteiger partial charge on any atom is 0.417 e. The molecular formula is C12H10F6O3. The number of carbonyl (C=O) groups excluding carboxylic acids is 1. The number of rotatable bonds is 3. The summed E-state index contributed by atoms with van der Waals surface area (Å²) in [7, 11) is 0.936. The first-order valence-corrected chi connectivity index (χ1v) is 5.55. The van der Waals surface area contributed by atoms with E-state index in [0.29, 0.717) is 0 Å². The predicted octanol–water partition coefficient (Wildman–Crippen LogP) is 3.91. The lowest BCUT2D eigenvalue weighted by Gasteiger charge is -2.18. The maximum atomic E-state index is 12.8. The third kappa shape index (κ3) is 3.79. The van der Waals surface area contributed by atoms with Crippen molar-refractivity contribution in [3.8, 4) is 5.75 Å². The maximum absolute atomic E-state index is 12.8. The number of benzene rings is 1. The molecule has 0 unspecified atom stereocenters. The van der Waals surface area contributed by atoms with Crippen molar-refractivity contribution < 1.29 is 40.6 Å². The molecule has 0 radical (unpaired) electrons. The van der Waals surface area contributed by atoms with Gasteiger partial charge in [0, 0.05) is 0 Å². The Kier molecular flexibility index (Phi) is 4.75. The van der Waals surface area contributed by atoms with Crippen LogP contribution in [0.25, 0.3) is 0 Å². The molecule has 0 N–H and O–H groups in total. The zero-order chi connectivity index (χ0) is 16.4. The monoisotopic (exact) mass is 316 g/mol. The van der Waals surface area contributed by atoms with Crippen molar-refractivity contribution in [3.05, 3.63) is 28.8 Å². The lowest BCUT2D eigenvalue weighted by Crippen LogP contribution is -2.19. The fraction of sp³-hybridized carbons (Fsp3) is 0.417. The number of hydrogen-bond donors (Lipinski definition) is 0. The molecule has 3 nitrogen and oxygen atoms in total. The van der Waals surface area contributed by atoms with Crippen molar-refractivity contribution in [3.63, 3.8) is 0 Å². The second-order valence-corrected chi connectivity index (χ2v) is 3.81.